The van der Waals surface area contributed by atoms with Crippen LogP contribution >= 0.6 is 0 Å². The van der Waals surface area contributed by atoms with E-state index in [4.69, 9.17) is 14.5 Å². The Labute approximate surface area is 184 Å². The molecular weight excluding hydrogens is 386 g/mol. The maximum atomic E-state index is 6.02. The van der Waals surface area contributed by atoms with Crippen LogP contribution in [0.15, 0.2) is 54.7 Å². The van der Waals surface area contributed by atoms with Crippen LogP contribution in [0.5, 0.6) is 5.75 Å². The number of rotatable bonds is 10. The normalized spacial score (nSPS) is 12.5. The second-order valence-electron chi connectivity index (χ2n) is 7.99. The summed E-state index contributed by atoms with van der Waals surface area (Å²) in [5, 5.41) is 1.12. The molecule has 1 atom stereocenters. The summed E-state index contributed by atoms with van der Waals surface area (Å²) in [7, 11) is 1.77. The molecule has 0 spiro atoms. The van der Waals surface area contributed by atoms with E-state index in [-0.39, 0.29) is 0 Å². The van der Waals surface area contributed by atoms with Gasteiger partial charge < -0.3 is 14.0 Å². The molecule has 5 nitrogen and oxygen atoms in total. The Bertz CT molecular complexity index is 1140. The van der Waals surface area contributed by atoms with E-state index in [0.717, 1.165) is 66.0 Å². The molecule has 5 heteroatoms. The molecule has 0 saturated carbocycles. The van der Waals surface area contributed by atoms with Gasteiger partial charge in [0.25, 0.3) is 0 Å². The van der Waals surface area contributed by atoms with Crippen molar-refractivity contribution in [1.82, 2.24) is 14.5 Å². The van der Waals surface area contributed by atoms with Gasteiger partial charge in [0.05, 0.1) is 17.2 Å². The molecule has 2 aromatic carbocycles. The summed E-state index contributed by atoms with van der Waals surface area (Å²) in [6.45, 7) is 6.70. The summed E-state index contributed by atoms with van der Waals surface area (Å²) in [6, 6.07) is 16.4. The van der Waals surface area contributed by atoms with Crippen LogP contribution in [0.1, 0.15) is 38.1 Å². The summed E-state index contributed by atoms with van der Waals surface area (Å²) < 4.78 is 13.7. The van der Waals surface area contributed by atoms with Crippen LogP contribution in [0.2, 0.25) is 0 Å². The number of ether oxygens (including phenoxy) is 2. The van der Waals surface area contributed by atoms with E-state index in [1.54, 1.807) is 7.11 Å². The van der Waals surface area contributed by atoms with E-state index >= 15 is 0 Å². The van der Waals surface area contributed by atoms with Crippen molar-refractivity contribution < 1.29 is 9.47 Å². The highest BCUT2D eigenvalue weighted by Gasteiger charge is 2.17. The van der Waals surface area contributed by atoms with Crippen LogP contribution in [-0.2, 0) is 24.3 Å². The molecule has 0 amide bonds. The van der Waals surface area contributed by atoms with Gasteiger partial charge in [-0.2, -0.15) is 0 Å². The highest BCUT2D eigenvalue weighted by atomic mass is 16.5. The first-order chi connectivity index (χ1) is 15.2. The fourth-order valence-electron chi connectivity index (χ4n) is 4.11. The predicted octanol–water partition coefficient (Wildman–Crippen LogP) is 5.79. The minimum Gasteiger partial charge on any atom is -0.489 e. The maximum absolute atomic E-state index is 6.02. The lowest BCUT2D eigenvalue weighted by atomic mass is 10.0. The number of pyridine rings is 1. The molecule has 1 unspecified atom stereocenters. The Hall–Kier alpha value is -2.92. The van der Waals surface area contributed by atoms with Crippen LogP contribution in [0, 0.1) is 5.92 Å². The maximum Gasteiger partial charge on any atom is 0.122 e. The van der Waals surface area contributed by atoms with Crippen molar-refractivity contribution in [3.05, 3.63) is 66.1 Å². The summed E-state index contributed by atoms with van der Waals surface area (Å²) in [6.07, 6.45) is 4.96. The van der Waals surface area contributed by atoms with Gasteiger partial charge in [0, 0.05) is 38.1 Å². The van der Waals surface area contributed by atoms with Gasteiger partial charge in [-0.1, -0.05) is 50.6 Å². The Balaban J connectivity index is 1.67. The van der Waals surface area contributed by atoms with Crippen LogP contribution in [0.25, 0.3) is 21.9 Å². The zero-order valence-electron chi connectivity index (χ0n) is 18.7. The second-order valence-corrected chi connectivity index (χ2v) is 7.99. The van der Waals surface area contributed by atoms with Gasteiger partial charge in [-0.15, -0.1) is 0 Å². The standard InChI is InChI=1S/C26H31N3O2/c1-4-19(13-14-30-3)17-29-25(5-2)28-24-16-27-23-15-21(11-12-22(23)26(24)29)31-18-20-9-7-6-8-10-20/h6-12,15-16,19H,4-5,13-14,17-18H2,1-3H3. The molecular formula is C26H31N3O2. The lowest BCUT2D eigenvalue weighted by Crippen LogP contribution is -2.14. The molecule has 0 bridgehead atoms. The third-order valence-electron chi connectivity index (χ3n) is 5.94. The molecule has 0 fully saturated rings. The quantitative estimate of drug-likeness (QED) is 0.328. The van der Waals surface area contributed by atoms with Gasteiger partial charge in [0.2, 0.25) is 0 Å². The Kier molecular flexibility index (Phi) is 6.82. The van der Waals surface area contributed by atoms with Crippen LogP contribution < -0.4 is 4.74 Å². The van der Waals surface area contributed by atoms with E-state index in [1.165, 1.54) is 5.52 Å². The first kappa shape index (κ1) is 21.3. The molecule has 0 aliphatic rings. The van der Waals surface area contributed by atoms with Crippen LogP contribution in [0.4, 0.5) is 0 Å². The van der Waals surface area contributed by atoms with Crippen molar-refractivity contribution in [2.75, 3.05) is 13.7 Å². The third kappa shape index (κ3) is 4.72. The van der Waals surface area contributed by atoms with Crippen LogP contribution in [0.3, 0.4) is 0 Å². The van der Waals surface area contributed by atoms with Crippen molar-refractivity contribution in [3.63, 3.8) is 0 Å². The number of nitrogens with zero attached hydrogens (tertiary/aromatic N) is 3. The topological polar surface area (TPSA) is 49.2 Å². The van der Waals surface area contributed by atoms with Gasteiger partial charge in [-0.3, -0.25) is 4.98 Å². The van der Waals surface area contributed by atoms with Crippen molar-refractivity contribution in [1.29, 1.82) is 0 Å². The van der Waals surface area contributed by atoms with Crippen molar-refractivity contribution in [3.8, 4) is 5.75 Å². The number of aromatic nitrogens is 3. The molecule has 4 aromatic rings. The van der Waals surface area contributed by atoms with Gasteiger partial charge in [0.15, 0.2) is 0 Å². The third-order valence-corrected chi connectivity index (χ3v) is 5.94. The summed E-state index contributed by atoms with van der Waals surface area (Å²) in [5.41, 5.74) is 4.22. The smallest absolute Gasteiger partial charge is 0.122 e. The SMILES string of the molecule is CCc1nc2cnc3cc(OCc4ccccc4)ccc3c2n1CC(CC)CCOC. The number of hydrogen-bond acceptors (Lipinski definition) is 4. The van der Waals surface area contributed by atoms with Crippen LogP contribution in [-0.4, -0.2) is 28.3 Å². The fourth-order valence-corrected chi connectivity index (χ4v) is 4.11. The van der Waals surface area contributed by atoms with Gasteiger partial charge in [-0.25, -0.2) is 4.98 Å². The molecule has 2 heterocycles. The number of fused-ring (bicyclic) bond motifs is 3. The van der Waals surface area contributed by atoms with E-state index in [2.05, 4.69) is 41.6 Å². The number of hydrogen-bond donors (Lipinski definition) is 0. The molecule has 4 rings (SSSR count). The molecule has 0 aliphatic heterocycles. The zero-order chi connectivity index (χ0) is 21.6. The van der Waals surface area contributed by atoms with Gasteiger partial charge in [0.1, 0.15) is 23.7 Å². The molecule has 0 N–H and O–H groups in total. The molecule has 0 saturated heterocycles. The Morgan fingerprint density at radius 2 is 1.87 bits per heavy atom. The predicted molar refractivity (Wildman–Crippen MR) is 125 cm³/mol. The minimum atomic E-state index is 0.546. The molecule has 31 heavy (non-hydrogen) atoms. The average molecular weight is 418 g/mol. The number of benzene rings is 2. The Morgan fingerprint density at radius 1 is 1.03 bits per heavy atom. The summed E-state index contributed by atoms with van der Waals surface area (Å²) >= 11 is 0. The molecule has 162 valence electrons. The second kappa shape index (κ2) is 9.92. The van der Waals surface area contributed by atoms with Crippen molar-refractivity contribution in [2.24, 2.45) is 5.92 Å². The molecule has 0 aliphatic carbocycles. The average Bonchev–Trinajstić information content (AvgIpc) is 3.18. The summed E-state index contributed by atoms with van der Waals surface area (Å²) in [5.74, 6) is 2.50. The first-order valence-electron chi connectivity index (χ1n) is 11.2. The molecule has 2 aromatic heterocycles. The Morgan fingerprint density at radius 3 is 2.61 bits per heavy atom. The van der Waals surface area contributed by atoms with E-state index in [9.17, 15) is 0 Å². The number of imidazole rings is 1. The largest absolute Gasteiger partial charge is 0.489 e. The van der Waals surface area contributed by atoms with E-state index < -0.39 is 0 Å². The lowest BCUT2D eigenvalue weighted by molar-refractivity contribution is 0.171. The van der Waals surface area contributed by atoms with Gasteiger partial charge >= 0.3 is 0 Å². The fraction of sp³-hybridized carbons (Fsp3) is 0.385. The lowest BCUT2D eigenvalue weighted by Gasteiger charge is -2.18. The summed E-state index contributed by atoms with van der Waals surface area (Å²) in [4.78, 5) is 9.57. The van der Waals surface area contributed by atoms with Gasteiger partial charge in [-0.05, 0) is 30.0 Å². The number of aryl methyl sites for hydroxylation is 1. The highest BCUT2D eigenvalue weighted by Crippen LogP contribution is 2.29. The monoisotopic (exact) mass is 417 g/mol. The first-order valence-corrected chi connectivity index (χ1v) is 11.2. The van der Waals surface area contributed by atoms with Crippen molar-refractivity contribution in [2.45, 2.75) is 46.3 Å². The zero-order valence-corrected chi connectivity index (χ0v) is 18.7. The minimum absolute atomic E-state index is 0.546. The highest BCUT2D eigenvalue weighted by molar-refractivity contribution is 6.02. The van der Waals surface area contributed by atoms with E-state index in [1.807, 2.05) is 36.5 Å². The molecule has 0 radical (unpaired) electrons. The number of methoxy groups -OCH3 is 1. The van der Waals surface area contributed by atoms with E-state index in [0.29, 0.717) is 12.5 Å². The van der Waals surface area contributed by atoms with Crippen molar-refractivity contribution >= 4 is 21.9 Å².